The number of ether oxygens (including phenoxy) is 1. The van der Waals surface area contributed by atoms with Gasteiger partial charge in [-0.15, -0.1) is 0 Å². The highest BCUT2D eigenvalue weighted by atomic mass is 16.5. The fraction of sp³-hybridized carbons (Fsp3) is 0.286. The second-order valence-electron chi connectivity index (χ2n) is 4.02. The molecule has 0 saturated carbocycles. The molecule has 2 aromatic rings. The van der Waals surface area contributed by atoms with Gasteiger partial charge in [-0.3, -0.25) is 0 Å². The van der Waals surface area contributed by atoms with Crippen LogP contribution in [-0.4, -0.2) is 17.7 Å². The molecule has 0 aliphatic carbocycles. The molecule has 0 bridgehead atoms. The summed E-state index contributed by atoms with van der Waals surface area (Å²) in [6.07, 6.45) is 4.17. The molecule has 17 heavy (non-hydrogen) atoms. The second kappa shape index (κ2) is 6.11. The molecular weight excluding hydrogens is 212 g/mol. The predicted molar refractivity (Wildman–Crippen MR) is 69.1 cm³/mol. The molecule has 3 nitrogen and oxygen atoms in total. The van der Waals surface area contributed by atoms with Crippen LogP contribution < -0.4 is 10.1 Å². The standard InChI is InChI=1S/C14H18N2O/c1-16-9-7-13(12-16)11-15-8-10-17-14-5-3-2-4-6-14/h2-7,9,12,15H,8,10-11H2,1H3. The molecule has 0 spiro atoms. The van der Waals surface area contributed by atoms with Gasteiger partial charge >= 0.3 is 0 Å². The van der Waals surface area contributed by atoms with Crippen LogP contribution >= 0.6 is 0 Å². The van der Waals surface area contributed by atoms with Crippen molar-refractivity contribution in [3.8, 4) is 5.75 Å². The smallest absolute Gasteiger partial charge is 0.119 e. The van der Waals surface area contributed by atoms with Crippen LogP contribution in [0.15, 0.2) is 48.8 Å². The third-order valence-corrected chi connectivity index (χ3v) is 2.51. The molecule has 0 aliphatic heterocycles. The highest BCUT2D eigenvalue weighted by Gasteiger charge is 1.94. The zero-order valence-corrected chi connectivity index (χ0v) is 10.1. The van der Waals surface area contributed by atoms with Crippen molar-refractivity contribution in [1.82, 2.24) is 9.88 Å². The topological polar surface area (TPSA) is 26.2 Å². The zero-order chi connectivity index (χ0) is 11.9. The van der Waals surface area contributed by atoms with E-state index in [1.807, 2.05) is 37.4 Å². The van der Waals surface area contributed by atoms with Crippen molar-refractivity contribution in [3.05, 3.63) is 54.4 Å². The van der Waals surface area contributed by atoms with Crippen molar-refractivity contribution in [1.29, 1.82) is 0 Å². The highest BCUT2D eigenvalue weighted by molar-refractivity contribution is 5.20. The molecule has 1 N–H and O–H groups in total. The van der Waals surface area contributed by atoms with Crippen molar-refractivity contribution in [2.45, 2.75) is 6.54 Å². The van der Waals surface area contributed by atoms with Gasteiger partial charge in [-0.2, -0.15) is 0 Å². The van der Waals surface area contributed by atoms with E-state index in [9.17, 15) is 0 Å². The van der Waals surface area contributed by atoms with Crippen LogP contribution in [0.2, 0.25) is 0 Å². The number of benzene rings is 1. The summed E-state index contributed by atoms with van der Waals surface area (Å²) < 4.78 is 7.63. The van der Waals surface area contributed by atoms with Crippen LogP contribution in [0.3, 0.4) is 0 Å². The minimum absolute atomic E-state index is 0.691. The molecule has 0 unspecified atom stereocenters. The Bertz CT molecular complexity index is 436. The first-order chi connectivity index (χ1) is 8.34. The van der Waals surface area contributed by atoms with Crippen LogP contribution in [0, 0.1) is 0 Å². The molecule has 1 heterocycles. The van der Waals surface area contributed by atoms with E-state index in [4.69, 9.17) is 4.74 Å². The van der Waals surface area contributed by atoms with E-state index in [0.717, 1.165) is 18.8 Å². The van der Waals surface area contributed by atoms with Gasteiger partial charge < -0.3 is 14.6 Å². The molecule has 0 saturated heterocycles. The highest BCUT2D eigenvalue weighted by Crippen LogP contribution is 2.07. The number of para-hydroxylation sites is 1. The number of nitrogens with zero attached hydrogens (tertiary/aromatic N) is 1. The lowest BCUT2D eigenvalue weighted by molar-refractivity contribution is 0.313. The third kappa shape index (κ3) is 3.96. The Kier molecular flexibility index (Phi) is 4.22. The quantitative estimate of drug-likeness (QED) is 0.770. The lowest BCUT2D eigenvalue weighted by Gasteiger charge is -2.06. The van der Waals surface area contributed by atoms with E-state index in [2.05, 4.69) is 28.3 Å². The van der Waals surface area contributed by atoms with Crippen molar-refractivity contribution in [3.63, 3.8) is 0 Å². The number of hydrogen-bond donors (Lipinski definition) is 1. The Morgan fingerprint density at radius 1 is 1.18 bits per heavy atom. The Morgan fingerprint density at radius 2 is 2.00 bits per heavy atom. The molecule has 2 rings (SSSR count). The van der Waals surface area contributed by atoms with Gasteiger partial charge in [0.1, 0.15) is 12.4 Å². The molecule has 0 atom stereocenters. The normalized spacial score (nSPS) is 10.4. The third-order valence-electron chi connectivity index (χ3n) is 2.51. The lowest BCUT2D eigenvalue weighted by atomic mass is 10.3. The monoisotopic (exact) mass is 230 g/mol. The van der Waals surface area contributed by atoms with E-state index in [0.29, 0.717) is 6.61 Å². The first-order valence-electron chi connectivity index (χ1n) is 5.84. The summed E-state index contributed by atoms with van der Waals surface area (Å²) in [6.45, 7) is 2.43. The average molecular weight is 230 g/mol. The molecule has 0 aliphatic rings. The summed E-state index contributed by atoms with van der Waals surface area (Å²) in [5, 5.41) is 3.35. The Morgan fingerprint density at radius 3 is 2.71 bits per heavy atom. The molecule has 1 aromatic carbocycles. The van der Waals surface area contributed by atoms with Crippen LogP contribution in [0.25, 0.3) is 0 Å². The number of aromatic nitrogens is 1. The van der Waals surface area contributed by atoms with Crippen LogP contribution in [-0.2, 0) is 13.6 Å². The fourth-order valence-electron chi connectivity index (χ4n) is 1.66. The van der Waals surface area contributed by atoms with Gasteiger partial charge in [0.2, 0.25) is 0 Å². The van der Waals surface area contributed by atoms with E-state index in [1.165, 1.54) is 5.56 Å². The molecule has 1 aromatic heterocycles. The van der Waals surface area contributed by atoms with E-state index >= 15 is 0 Å². The summed E-state index contributed by atoms with van der Waals surface area (Å²) >= 11 is 0. The maximum absolute atomic E-state index is 5.58. The van der Waals surface area contributed by atoms with Crippen molar-refractivity contribution < 1.29 is 4.74 Å². The molecule has 0 amide bonds. The number of nitrogens with one attached hydrogen (secondary N) is 1. The van der Waals surface area contributed by atoms with Gasteiger partial charge in [-0.25, -0.2) is 0 Å². The maximum Gasteiger partial charge on any atom is 0.119 e. The minimum atomic E-state index is 0.691. The zero-order valence-electron chi connectivity index (χ0n) is 10.1. The Hall–Kier alpha value is -1.74. The van der Waals surface area contributed by atoms with Crippen molar-refractivity contribution in [2.75, 3.05) is 13.2 Å². The summed E-state index contributed by atoms with van der Waals surface area (Å²) in [6, 6.07) is 12.0. The largest absolute Gasteiger partial charge is 0.492 e. The first-order valence-corrected chi connectivity index (χ1v) is 5.84. The number of rotatable bonds is 6. The average Bonchev–Trinajstić information content (AvgIpc) is 2.76. The van der Waals surface area contributed by atoms with E-state index in [-0.39, 0.29) is 0 Å². The van der Waals surface area contributed by atoms with Gasteiger partial charge in [0, 0.05) is 32.5 Å². The van der Waals surface area contributed by atoms with Crippen molar-refractivity contribution in [2.24, 2.45) is 7.05 Å². The van der Waals surface area contributed by atoms with E-state index < -0.39 is 0 Å². The van der Waals surface area contributed by atoms with Gasteiger partial charge in [0.05, 0.1) is 0 Å². The summed E-state index contributed by atoms with van der Waals surface area (Å²) in [4.78, 5) is 0. The SMILES string of the molecule is Cn1ccc(CNCCOc2ccccc2)c1. The van der Waals surface area contributed by atoms with Crippen LogP contribution in [0.5, 0.6) is 5.75 Å². The maximum atomic E-state index is 5.58. The molecular formula is C14H18N2O. The summed E-state index contributed by atoms with van der Waals surface area (Å²) in [5.41, 5.74) is 1.30. The van der Waals surface area contributed by atoms with E-state index in [1.54, 1.807) is 0 Å². The van der Waals surface area contributed by atoms with Gasteiger partial charge in [0.15, 0.2) is 0 Å². The lowest BCUT2D eigenvalue weighted by Crippen LogP contribution is -2.20. The number of hydrogen-bond acceptors (Lipinski definition) is 2. The van der Waals surface area contributed by atoms with Crippen molar-refractivity contribution >= 4 is 0 Å². The van der Waals surface area contributed by atoms with Crippen LogP contribution in [0.1, 0.15) is 5.56 Å². The predicted octanol–water partition coefficient (Wildman–Crippen LogP) is 2.19. The fourth-order valence-corrected chi connectivity index (χ4v) is 1.66. The minimum Gasteiger partial charge on any atom is -0.492 e. The first kappa shape index (κ1) is 11.7. The number of aryl methyl sites for hydroxylation is 1. The molecule has 0 fully saturated rings. The second-order valence-corrected chi connectivity index (χ2v) is 4.02. The summed E-state index contributed by atoms with van der Waals surface area (Å²) in [5.74, 6) is 0.925. The van der Waals surface area contributed by atoms with Gasteiger partial charge in [0.25, 0.3) is 0 Å². The summed E-state index contributed by atoms with van der Waals surface area (Å²) in [7, 11) is 2.03. The van der Waals surface area contributed by atoms with Crippen LogP contribution in [0.4, 0.5) is 0 Å². The molecule has 0 radical (unpaired) electrons. The van der Waals surface area contributed by atoms with Gasteiger partial charge in [-0.1, -0.05) is 18.2 Å². The molecule has 3 heteroatoms. The van der Waals surface area contributed by atoms with Gasteiger partial charge in [-0.05, 0) is 23.8 Å². The Balaban J connectivity index is 1.61. The Labute approximate surface area is 102 Å². The molecule has 90 valence electrons.